The molecule has 1 N–H and O–H groups in total. The second kappa shape index (κ2) is 5.08. The third-order valence-electron chi connectivity index (χ3n) is 3.25. The van der Waals surface area contributed by atoms with Crippen molar-refractivity contribution in [2.75, 3.05) is 6.54 Å². The molecule has 4 nitrogen and oxygen atoms in total. The Bertz CT molecular complexity index is 356. The van der Waals surface area contributed by atoms with E-state index in [-0.39, 0.29) is 18.4 Å². The fraction of sp³-hybridized carbons (Fsp3) is 0.667. The molecule has 1 rings (SSSR count). The lowest BCUT2D eigenvalue weighted by molar-refractivity contribution is -0.153. The lowest BCUT2D eigenvalue weighted by atomic mass is 9.91. The third kappa shape index (κ3) is 2.63. The highest BCUT2D eigenvalue weighted by Gasteiger charge is 2.46. The van der Waals surface area contributed by atoms with Gasteiger partial charge in [-0.05, 0) is 19.8 Å². The number of nitrogens with zero attached hydrogens (tertiary/aromatic N) is 1. The Kier molecular flexibility index (Phi) is 4.20. The normalized spacial score (nSPS) is 29.2. The second-order valence-corrected chi connectivity index (χ2v) is 5.08. The van der Waals surface area contributed by atoms with Gasteiger partial charge in [0.2, 0.25) is 11.8 Å². The maximum Gasteiger partial charge on any atom is 0.249 e. The molecular formula is C12H19ClN2O2. The summed E-state index contributed by atoms with van der Waals surface area (Å²) in [6.45, 7) is 9.30. The van der Waals surface area contributed by atoms with Crippen LogP contribution in [0.2, 0.25) is 0 Å². The summed E-state index contributed by atoms with van der Waals surface area (Å²) < 4.78 is 0. The molecular weight excluding hydrogens is 240 g/mol. The minimum Gasteiger partial charge on any atom is -0.340 e. The van der Waals surface area contributed by atoms with Gasteiger partial charge in [-0.25, -0.2) is 0 Å². The van der Waals surface area contributed by atoms with Gasteiger partial charge in [-0.3, -0.25) is 9.59 Å². The molecule has 0 aromatic heterocycles. The van der Waals surface area contributed by atoms with Crippen LogP contribution >= 0.6 is 11.6 Å². The van der Waals surface area contributed by atoms with Crippen molar-refractivity contribution >= 4 is 23.4 Å². The van der Waals surface area contributed by atoms with Crippen LogP contribution in [0.5, 0.6) is 0 Å². The molecule has 1 fully saturated rings. The largest absolute Gasteiger partial charge is 0.340 e. The summed E-state index contributed by atoms with van der Waals surface area (Å²) >= 11 is 5.76. The van der Waals surface area contributed by atoms with Gasteiger partial charge < -0.3 is 10.2 Å². The van der Waals surface area contributed by atoms with E-state index in [4.69, 9.17) is 11.6 Å². The maximum atomic E-state index is 12.3. The van der Waals surface area contributed by atoms with Crippen LogP contribution in [0.15, 0.2) is 11.6 Å². The summed E-state index contributed by atoms with van der Waals surface area (Å²) in [4.78, 5) is 25.8. The van der Waals surface area contributed by atoms with Crippen LogP contribution in [0, 0.1) is 0 Å². The first-order valence-electron chi connectivity index (χ1n) is 5.82. The average Bonchev–Trinajstić information content (AvgIpc) is 2.25. The van der Waals surface area contributed by atoms with Crippen molar-refractivity contribution in [2.45, 2.75) is 45.2 Å². The second-order valence-electron chi connectivity index (χ2n) is 4.55. The van der Waals surface area contributed by atoms with Crippen molar-refractivity contribution < 1.29 is 9.59 Å². The van der Waals surface area contributed by atoms with Gasteiger partial charge in [0, 0.05) is 5.03 Å². The number of hydrogen-bond acceptors (Lipinski definition) is 2. The molecule has 0 aromatic carbocycles. The van der Waals surface area contributed by atoms with Gasteiger partial charge in [-0.15, -0.1) is 0 Å². The van der Waals surface area contributed by atoms with Crippen LogP contribution < -0.4 is 5.32 Å². The molecule has 0 spiro atoms. The molecule has 5 heteroatoms. The number of halogens is 1. The predicted molar refractivity (Wildman–Crippen MR) is 67.6 cm³/mol. The number of hydrogen-bond donors (Lipinski definition) is 1. The van der Waals surface area contributed by atoms with E-state index in [9.17, 15) is 9.59 Å². The van der Waals surface area contributed by atoms with Crippen LogP contribution in [0.1, 0.15) is 33.6 Å². The van der Waals surface area contributed by atoms with Crippen molar-refractivity contribution in [2.24, 2.45) is 0 Å². The summed E-state index contributed by atoms with van der Waals surface area (Å²) in [5.74, 6) is -0.206. The lowest BCUT2D eigenvalue weighted by Crippen LogP contribution is -2.69. The van der Waals surface area contributed by atoms with Gasteiger partial charge in [0.15, 0.2) is 0 Å². The van der Waals surface area contributed by atoms with E-state index in [0.717, 1.165) is 0 Å². The summed E-state index contributed by atoms with van der Waals surface area (Å²) in [6.07, 6.45) is 1.13. The number of nitrogens with one attached hydrogen (secondary N) is 1. The van der Waals surface area contributed by atoms with E-state index in [1.165, 1.54) is 4.90 Å². The average molecular weight is 259 g/mol. The number of amides is 2. The molecule has 2 amide bonds. The van der Waals surface area contributed by atoms with Crippen LogP contribution in [0.3, 0.4) is 0 Å². The molecule has 1 heterocycles. The zero-order valence-electron chi connectivity index (χ0n) is 10.5. The van der Waals surface area contributed by atoms with E-state index < -0.39 is 11.6 Å². The molecule has 0 bridgehead atoms. The van der Waals surface area contributed by atoms with Crippen molar-refractivity contribution in [1.29, 1.82) is 0 Å². The van der Waals surface area contributed by atoms with Crippen LogP contribution in [0.4, 0.5) is 0 Å². The Labute approximate surface area is 107 Å². The topological polar surface area (TPSA) is 49.4 Å². The number of rotatable bonds is 4. The van der Waals surface area contributed by atoms with Crippen LogP contribution in [0.25, 0.3) is 0 Å². The monoisotopic (exact) mass is 258 g/mol. The SMILES string of the molecule is C=C(Cl)CN1C(=O)C(C)(CC)NC(=O)C1CC. The molecule has 17 heavy (non-hydrogen) atoms. The van der Waals surface area contributed by atoms with Crippen molar-refractivity contribution in [3.63, 3.8) is 0 Å². The van der Waals surface area contributed by atoms with E-state index in [0.29, 0.717) is 17.9 Å². The Balaban J connectivity index is 3.05. The van der Waals surface area contributed by atoms with E-state index in [1.54, 1.807) is 6.92 Å². The lowest BCUT2D eigenvalue weighted by Gasteiger charge is -2.43. The minimum absolute atomic E-state index is 0.0896. The standard InChI is InChI=1S/C12H19ClN2O2/c1-5-9-10(16)14-12(4,6-2)11(17)15(9)7-8(3)13/h9H,3,5-7H2,1-2,4H3,(H,14,16). The van der Waals surface area contributed by atoms with E-state index >= 15 is 0 Å². The predicted octanol–water partition coefficient (Wildman–Crippen LogP) is 1.64. The molecule has 1 aliphatic rings. The maximum absolute atomic E-state index is 12.3. The van der Waals surface area contributed by atoms with Crippen LogP contribution in [-0.4, -0.2) is 34.8 Å². The Morgan fingerprint density at radius 3 is 2.53 bits per heavy atom. The van der Waals surface area contributed by atoms with Gasteiger partial charge in [0.25, 0.3) is 0 Å². The summed E-state index contributed by atoms with van der Waals surface area (Å²) in [5, 5.41) is 3.16. The van der Waals surface area contributed by atoms with Gasteiger partial charge >= 0.3 is 0 Å². The number of piperazine rings is 1. The Hall–Kier alpha value is -1.03. The van der Waals surface area contributed by atoms with Gasteiger partial charge in [-0.2, -0.15) is 0 Å². The Morgan fingerprint density at radius 2 is 2.12 bits per heavy atom. The van der Waals surface area contributed by atoms with Gasteiger partial charge in [-0.1, -0.05) is 32.0 Å². The van der Waals surface area contributed by atoms with E-state index in [1.807, 2.05) is 13.8 Å². The first kappa shape index (κ1) is 14.0. The number of carbonyl (C=O) groups is 2. The molecule has 0 saturated carbocycles. The van der Waals surface area contributed by atoms with Crippen molar-refractivity contribution in [3.05, 3.63) is 11.6 Å². The molecule has 2 atom stereocenters. The molecule has 1 aliphatic heterocycles. The highest BCUT2D eigenvalue weighted by molar-refractivity contribution is 6.29. The third-order valence-corrected chi connectivity index (χ3v) is 3.37. The molecule has 0 aliphatic carbocycles. The zero-order chi connectivity index (χ0) is 13.2. The molecule has 0 radical (unpaired) electrons. The van der Waals surface area contributed by atoms with Gasteiger partial charge in [0.1, 0.15) is 11.6 Å². The highest BCUT2D eigenvalue weighted by Crippen LogP contribution is 2.24. The minimum atomic E-state index is -0.824. The van der Waals surface area contributed by atoms with Crippen molar-refractivity contribution in [1.82, 2.24) is 10.2 Å². The van der Waals surface area contributed by atoms with Crippen LogP contribution in [-0.2, 0) is 9.59 Å². The molecule has 1 saturated heterocycles. The first-order valence-corrected chi connectivity index (χ1v) is 6.20. The fourth-order valence-corrected chi connectivity index (χ4v) is 2.15. The summed E-state index contributed by atoms with van der Waals surface area (Å²) in [5.41, 5.74) is -0.824. The highest BCUT2D eigenvalue weighted by atomic mass is 35.5. The molecule has 2 unspecified atom stereocenters. The van der Waals surface area contributed by atoms with Crippen molar-refractivity contribution in [3.8, 4) is 0 Å². The smallest absolute Gasteiger partial charge is 0.249 e. The first-order chi connectivity index (χ1) is 7.85. The zero-order valence-corrected chi connectivity index (χ0v) is 11.3. The molecule has 0 aromatic rings. The quantitative estimate of drug-likeness (QED) is 0.834. The number of carbonyl (C=O) groups excluding carboxylic acids is 2. The van der Waals surface area contributed by atoms with Gasteiger partial charge in [0.05, 0.1) is 6.54 Å². The Morgan fingerprint density at radius 1 is 1.53 bits per heavy atom. The summed E-state index contributed by atoms with van der Waals surface area (Å²) in [6, 6.07) is -0.447. The van der Waals surface area contributed by atoms with E-state index in [2.05, 4.69) is 11.9 Å². The molecule has 96 valence electrons. The summed E-state index contributed by atoms with van der Waals surface area (Å²) in [7, 11) is 0. The fourth-order valence-electron chi connectivity index (χ4n) is 2.02.